The summed E-state index contributed by atoms with van der Waals surface area (Å²) >= 11 is 4.00. The molecule has 5 nitrogen and oxygen atoms in total. The van der Waals surface area contributed by atoms with Gasteiger partial charge < -0.3 is 14.8 Å². The van der Waals surface area contributed by atoms with E-state index in [2.05, 4.69) is 22.7 Å². The number of carbonyl (C=O) groups is 2. The largest absolute Gasteiger partial charge is 0.467 e. The minimum Gasteiger partial charge on any atom is -0.467 e. The molecule has 0 rings (SSSR count). The van der Waals surface area contributed by atoms with Gasteiger partial charge in [0.15, 0.2) is 0 Å². The van der Waals surface area contributed by atoms with Gasteiger partial charge in [0.25, 0.3) is 0 Å². The predicted octanol–water partition coefficient (Wildman–Crippen LogP) is 1.37. The van der Waals surface area contributed by atoms with Crippen molar-refractivity contribution < 1.29 is 19.1 Å². The van der Waals surface area contributed by atoms with Gasteiger partial charge in [-0.3, -0.25) is 0 Å². The van der Waals surface area contributed by atoms with E-state index in [9.17, 15) is 9.59 Å². The van der Waals surface area contributed by atoms with Crippen molar-refractivity contribution in [3.63, 3.8) is 0 Å². The van der Waals surface area contributed by atoms with Crippen molar-refractivity contribution in [3.8, 4) is 0 Å². The lowest BCUT2D eigenvalue weighted by Gasteiger charge is -2.22. The van der Waals surface area contributed by atoms with Gasteiger partial charge in [-0.15, -0.1) is 0 Å². The van der Waals surface area contributed by atoms with E-state index in [1.807, 2.05) is 0 Å². The number of esters is 1. The molecule has 1 amide bonds. The number of thiol groups is 1. The van der Waals surface area contributed by atoms with Crippen LogP contribution in [0.2, 0.25) is 0 Å². The van der Waals surface area contributed by atoms with E-state index in [1.54, 1.807) is 20.8 Å². The summed E-state index contributed by atoms with van der Waals surface area (Å²) in [5.41, 5.74) is -0.592. The van der Waals surface area contributed by atoms with Crippen LogP contribution in [-0.4, -0.2) is 36.6 Å². The van der Waals surface area contributed by atoms with Crippen LogP contribution in [0.4, 0.5) is 4.79 Å². The third-order valence-corrected chi connectivity index (χ3v) is 1.85. The lowest BCUT2D eigenvalue weighted by molar-refractivity contribution is -0.143. The number of carbonyl (C=O) groups excluding carboxylic acids is 2. The number of alkyl carbamates (subject to hydrolysis) is 1. The summed E-state index contributed by atoms with van der Waals surface area (Å²) in [6, 6.07) is -0.711. The van der Waals surface area contributed by atoms with Gasteiger partial charge in [-0.2, -0.15) is 12.6 Å². The van der Waals surface area contributed by atoms with E-state index in [4.69, 9.17) is 4.74 Å². The van der Waals surface area contributed by atoms with Crippen LogP contribution in [0.15, 0.2) is 0 Å². The first kappa shape index (κ1) is 15.1. The van der Waals surface area contributed by atoms with Crippen molar-refractivity contribution in [2.24, 2.45) is 0 Å². The number of rotatable bonds is 4. The molecular weight excluding hydrogens is 230 g/mol. The SMILES string of the molecule is COC(=O)C(CCS)NC(=O)OC(C)(C)C. The Bertz CT molecular complexity index is 250. The van der Waals surface area contributed by atoms with Crippen LogP contribution in [0.1, 0.15) is 27.2 Å². The molecule has 0 aromatic heterocycles. The fraction of sp³-hybridized carbons (Fsp3) is 0.800. The Hall–Kier alpha value is -0.910. The number of hydrogen-bond acceptors (Lipinski definition) is 5. The normalized spacial score (nSPS) is 12.8. The minimum atomic E-state index is -0.711. The van der Waals surface area contributed by atoms with Gasteiger partial charge in [-0.25, -0.2) is 9.59 Å². The first-order valence-corrected chi connectivity index (χ1v) is 5.61. The Morgan fingerprint density at radius 1 is 1.38 bits per heavy atom. The molecule has 0 fully saturated rings. The van der Waals surface area contributed by atoms with Gasteiger partial charge in [0.2, 0.25) is 0 Å². The Morgan fingerprint density at radius 2 is 1.94 bits per heavy atom. The number of methoxy groups -OCH3 is 1. The molecule has 0 aliphatic rings. The molecule has 94 valence electrons. The van der Waals surface area contributed by atoms with E-state index in [0.29, 0.717) is 12.2 Å². The van der Waals surface area contributed by atoms with Gasteiger partial charge in [0.1, 0.15) is 11.6 Å². The van der Waals surface area contributed by atoms with Crippen molar-refractivity contribution in [2.45, 2.75) is 38.8 Å². The number of nitrogens with one attached hydrogen (secondary N) is 1. The lowest BCUT2D eigenvalue weighted by Crippen LogP contribution is -2.44. The fourth-order valence-electron chi connectivity index (χ4n) is 0.970. The minimum absolute atomic E-state index is 0.398. The van der Waals surface area contributed by atoms with Crippen LogP contribution in [0.25, 0.3) is 0 Å². The number of ether oxygens (including phenoxy) is 2. The molecule has 6 heteroatoms. The monoisotopic (exact) mass is 249 g/mol. The predicted molar refractivity (Wildman–Crippen MR) is 63.6 cm³/mol. The Balaban J connectivity index is 4.29. The number of hydrogen-bond donors (Lipinski definition) is 2. The summed E-state index contributed by atoms with van der Waals surface area (Å²) in [6.07, 6.45) is -0.237. The molecule has 0 bridgehead atoms. The smallest absolute Gasteiger partial charge is 0.408 e. The molecule has 1 atom stereocenters. The molecule has 0 aliphatic heterocycles. The zero-order chi connectivity index (χ0) is 12.8. The quantitative estimate of drug-likeness (QED) is 0.583. The molecule has 1 N–H and O–H groups in total. The second-order valence-electron chi connectivity index (χ2n) is 4.23. The summed E-state index contributed by atoms with van der Waals surface area (Å²) in [6.45, 7) is 5.25. The summed E-state index contributed by atoms with van der Waals surface area (Å²) < 4.78 is 9.58. The summed E-state index contributed by atoms with van der Waals surface area (Å²) in [7, 11) is 1.27. The lowest BCUT2D eigenvalue weighted by atomic mass is 10.2. The molecule has 1 unspecified atom stereocenters. The highest BCUT2D eigenvalue weighted by Crippen LogP contribution is 2.07. The van der Waals surface area contributed by atoms with Crippen molar-refractivity contribution >= 4 is 24.7 Å². The average Bonchev–Trinajstić information content (AvgIpc) is 2.13. The van der Waals surface area contributed by atoms with Crippen LogP contribution >= 0.6 is 12.6 Å². The van der Waals surface area contributed by atoms with E-state index < -0.39 is 23.7 Å². The van der Waals surface area contributed by atoms with Crippen molar-refractivity contribution in [3.05, 3.63) is 0 Å². The molecule has 0 radical (unpaired) electrons. The molecule has 0 aromatic carbocycles. The molecule has 0 aromatic rings. The first-order valence-electron chi connectivity index (χ1n) is 4.98. The maximum Gasteiger partial charge on any atom is 0.408 e. The summed E-state index contributed by atoms with van der Waals surface area (Å²) in [5, 5.41) is 2.44. The van der Waals surface area contributed by atoms with Gasteiger partial charge >= 0.3 is 12.1 Å². The molecule has 0 saturated heterocycles. The van der Waals surface area contributed by atoms with Crippen LogP contribution in [0, 0.1) is 0 Å². The summed E-state index contributed by atoms with van der Waals surface area (Å²) in [5.74, 6) is -0.0323. The third kappa shape index (κ3) is 6.55. The van der Waals surface area contributed by atoms with Crippen LogP contribution < -0.4 is 5.32 Å². The first-order chi connectivity index (χ1) is 7.30. The standard InChI is InChI=1S/C10H19NO4S/c1-10(2,3)15-9(13)11-7(5-6-16)8(12)14-4/h7,16H,5-6H2,1-4H3,(H,11,13). The van der Waals surface area contributed by atoms with Gasteiger partial charge in [0, 0.05) is 0 Å². The zero-order valence-corrected chi connectivity index (χ0v) is 11.0. The van der Waals surface area contributed by atoms with Crippen molar-refractivity contribution in [1.82, 2.24) is 5.32 Å². The third-order valence-electron chi connectivity index (χ3n) is 1.59. The molecule has 0 saturated carbocycles. The zero-order valence-electron chi connectivity index (χ0n) is 10.1. The van der Waals surface area contributed by atoms with Crippen LogP contribution in [-0.2, 0) is 14.3 Å². The fourth-order valence-corrected chi connectivity index (χ4v) is 1.23. The summed E-state index contributed by atoms with van der Waals surface area (Å²) in [4.78, 5) is 22.7. The highest BCUT2D eigenvalue weighted by molar-refractivity contribution is 7.80. The second kappa shape index (κ2) is 6.62. The Labute approximate surface area is 101 Å². The molecule has 0 aliphatic carbocycles. The maximum absolute atomic E-state index is 11.4. The maximum atomic E-state index is 11.4. The topological polar surface area (TPSA) is 64.6 Å². The molecule has 0 spiro atoms. The van der Waals surface area contributed by atoms with Crippen molar-refractivity contribution in [1.29, 1.82) is 0 Å². The molecule has 0 heterocycles. The van der Waals surface area contributed by atoms with Gasteiger partial charge in [-0.1, -0.05) is 0 Å². The van der Waals surface area contributed by atoms with Gasteiger partial charge in [-0.05, 0) is 32.9 Å². The highest BCUT2D eigenvalue weighted by atomic mass is 32.1. The molecular formula is C10H19NO4S. The second-order valence-corrected chi connectivity index (χ2v) is 4.68. The van der Waals surface area contributed by atoms with Crippen LogP contribution in [0.5, 0.6) is 0 Å². The number of amides is 1. The van der Waals surface area contributed by atoms with E-state index in [1.165, 1.54) is 7.11 Å². The van der Waals surface area contributed by atoms with E-state index >= 15 is 0 Å². The van der Waals surface area contributed by atoms with E-state index in [-0.39, 0.29) is 0 Å². The van der Waals surface area contributed by atoms with Crippen molar-refractivity contribution in [2.75, 3.05) is 12.9 Å². The van der Waals surface area contributed by atoms with Gasteiger partial charge in [0.05, 0.1) is 7.11 Å². The van der Waals surface area contributed by atoms with Crippen LogP contribution in [0.3, 0.4) is 0 Å². The average molecular weight is 249 g/mol. The molecule has 16 heavy (non-hydrogen) atoms. The Morgan fingerprint density at radius 3 is 2.31 bits per heavy atom. The highest BCUT2D eigenvalue weighted by Gasteiger charge is 2.24. The van der Waals surface area contributed by atoms with E-state index in [0.717, 1.165) is 0 Å². The Kier molecular flexibility index (Phi) is 6.25.